The Balaban J connectivity index is 0.894. The van der Waals surface area contributed by atoms with Crippen molar-refractivity contribution >= 4 is 93.4 Å². The maximum absolute atomic E-state index is 12.5. The first-order valence-electron chi connectivity index (χ1n) is 23.8. The molecule has 0 radical (unpaired) electrons. The van der Waals surface area contributed by atoms with Gasteiger partial charge in [0.25, 0.3) is 0 Å². The smallest absolute Gasteiger partial charge is 0.495 e. The molecule has 0 saturated carbocycles. The van der Waals surface area contributed by atoms with E-state index < -0.39 is 12.7 Å². The Morgan fingerprint density at radius 1 is 0.679 bits per heavy atom. The third-order valence-electron chi connectivity index (χ3n) is 11.5. The van der Waals surface area contributed by atoms with Crippen LogP contribution >= 0.6 is 23.5 Å². The van der Waals surface area contributed by atoms with E-state index in [9.17, 15) is 26.3 Å². The van der Waals surface area contributed by atoms with Crippen molar-refractivity contribution in [2.45, 2.75) is 32.5 Å². The monoisotopic (exact) mass is 1110 g/mol. The number of nitrogens with two attached hydrogens (primary N) is 2. The van der Waals surface area contributed by atoms with E-state index in [1.807, 2.05) is 49.4 Å². The number of pyridine rings is 1. The van der Waals surface area contributed by atoms with Gasteiger partial charge in [0, 0.05) is 41.9 Å². The number of amidine groups is 4. The first kappa shape index (κ1) is 55.7. The highest BCUT2D eigenvalue weighted by molar-refractivity contribution is 8.14. The van der Waals surface area contributed by atoms with Gasteiger partial charge in [0.05, 0.1) is 48.0 Å². The normalized spacial score (nSPS) is 17.1. The summed E-state index contributed by atoms with van der Waals surface area (Å²) in [4.78, 5) is 25.4. The number of aromatic nitrogens is 1. The van der Waals surface area contributed by atoms with Crippen LogP contribution in [0.3, 0.4) is 0 Å². The van der Waals surface area contributed by atoms with Crippen molar-refractivity contribution in [3.05, 3.63) is 167 Å². The molecule has 0 aliphatic carbocycles. The largest absolute Gasteiger partial charge is 0.573 e. The molecular formula is C54H49F6N13O3S2. The van der Waals surface area contributed by atoms with Gasteiger partial charge < -0.3 is 35.5 Å². The average molecular weight is 1110 g/mol. The second-order valence-corrected chi connectivity index (χ2v) is 19.1. The number of nitrogens with zero attached hydrogens (tertiary/aromatic N) is 11. The molecule has 402 valence electrons. The van der Waals surface area contributed by atoms with Crippen molar-refractivity contribution in [2.24, 2.45) is 57.8 Å². The van der Waals surface area contributed by atoms with Crippen LogP contribution < -0.4 is 35.5 Å². The minimum absolute atomic E-state index is 0.189. The van der Waals surface area contributed by atoms with Crippen LogP contribution in [-0.4, -0.2) is 96.5 Å². The lowest BCUT2D eigenvalue weighted by Gasteiger charge is -2.35. The molecule has 4 N–H and O–H groups in total. The molecule has 3 heterocycles. The quantitative estimate of drug-likeness (QED) is 0.0383. The van der Waals surface area contributed by atoms with Crippen molar-refractivity contribution in [3.8, 4) is 17.2 Å². The van der Waals surface area contributed by atoms with Gasteiger partial charge in [-0.25, -0.2) is 20.0 Å². The Hall–Kier alpha value is -8.51. The standard InChI is InChI=1S/C54H49F6N13O3S2/c1-35-46(5-3-24-63-35)73-31-39(32-78-52(73)71-69-30-37-8-13-41(14-9-37)50(62)67-34-65-43-17-21-45(22-18-43)76-54(58,59)60)27-38-10-23-48(74-2)47(28-38)72-25-4-26-77-51(72)70-68-29-36-6-11-40(12-7-36)49(61)66-33-64-42-15-19-44(20-16-42)75-53(55,56)57/h3,5-24,28-30,33-34,39H,4,25-27,31-32H2,1-2H3,(H2,61,64,66)(H2,62,65,67)/b68-29+,69-30+,70-51-,71-52-. The first-order chi connectivity index (χ1) is 37.6. The second-order valence-electron chi connectivity index (χ2n) is 17.1. The van der Waals surface area contributed by atoms with E-state index in [4.69, 9.17) is 16.2 Å². The van der Waals surface area contributed by atoms with E-state index in [1.54, 1.807) is 73.5 Å². The SMILES string of the molecule is COc1ccc(CC2CS/C(=N\N=C\c3ccc(C(N)=NC=Nc4ccc(OC(F)(F)F)cc4)cc3)N(c3cccnc3C)C2)cc1N1CCCS/C1=N\N=C\c1ccc(C(N)=NC=Nc2ccc(OC(F)(F)F)cc2)cc1. The molecule has 2 fully saturated rings. The number of benzene rings is 5. The molecule has 1 atom stereocenters. The number of aryl methyl sites for hydroxylation is 1. The number of alkyl halides is 6. The summed E-state index contributed by atoms with van der Waals surface area (Å²) < 4.78 is 88.4. The number of hydrogen-bond donors (Lipinski definition) is 2. The molecule has 2 saturated heterocycles. The topological polar surface area (TPSA) is 198 Å². The summed E-state index contributed by atoms with van der Waals surface area (Å²) in [6.45, 7) is 3.36. The number of hydrogen-bond acceptors (Lipinski definition) is 12. The van der Waals surface area contributed by atoms with Gasteiger partial charge in [-0.2, -0.15) is 10.2 Å². The summed E-state index contributed by atoms with van der Waals surface area (Å²) in [5.41, 5.74) is 19.7. The average Bonchev–Trinajstić information content (AvgIpc) is 3.45. The molecule has 6 aromatic rings. The van der Waals surface area contributed by atoms with Gasteiger partial charge in [-0.3, -0.25) is 4.98 Å². The Bertz CT molecular complexity index is 3260. The molecule has 5 aromatic carbocycles. The van der Waals surface area contributed by atoms with E-state index in [2.05, 4.69) is 76.8 Å². The van der Waals surface area contributed by atoms with Crippen LogP contribution in [0.15, 0.2) is 174 Å². The van der Waals surface area contributed by atoms with Crippen molar-refractivity contribution < 1.29 is 40.6 Å². The highest BCUT2D eigenvalue weighted by Crippen LogP contribution is 2.37. The van der Waals surface area contributed by atoms with Crippen LogP contribution in [0.25, 0.3) is 0 Å². The molecule has 2 aliphatic rings. The molecule has 0 amide bonds. The van der Waals surface area contributed by atoms with Gasteiger partial charge in [0.1, 0.15) is 41.6 Å². The van der Waals surface area contributed by atoms with Gasteiger partial charge in [-0.15, -0.1) is 36.5 Å². The molecule has 2 aliphatic heterocycles. The Kier molecular flexibility index (Phi) is 18.6. The molecular weight excluding hydrogens is 1060 g/mol. The Morgan fingerprint density at radius 2 is 1.22 bits per heavy atom. The van der Waals surface area contributed by atoms with Crippen molar-refractivity contribution in [2.75, 3.05) is 41.5 Å². The minimum atomic E-state index is -4.78. The van der Waals surface area contributed by atoms with E-state index >= 15 is 0 Å². The molecule has 0 spiro atoms. The molecule has 1 aromatic heterocycles. The number of thioether (sulfide) groups is 2. The zero-order chi connectivity index (χ0) is 55.1. The van der Waals surface area contributed by atoms with Crippen LogP contribution in [0.1, 0.15) is 39.9 Å². The maximum Gasteiger partial charge on any atom is 0.573 e. The van der Waals surface area contributed by atoms with Crippen LogP contribution in [-0.2, 0) is 6.42 Å². The van der Waals surface area contributed by atoms with Crippen LogP contribution in [0.2, 0.25) is 0 Å². The Morgan fingerprint density at radius 3 is 1.73 bits per heavy atom. The predicted molar refractivity (Wildman–Crippen MR) is 300 cm³/mol. The Labute approximate surface area is 453 Å². The number of anilines is 2. The second kappa shape index (κ2) is 26.0. The highest BCUT2D eigenvalue weighted by atomic mass is 32.2. The fourth-order valence-corrected chi connectivity index (χ4v) is 9.75. The van der Waals surface area contributed by atoms with E-state index in [-0.39, 0.29) is 29.1 Å². The van der Waals surface area contributed by atoms with Gasteiger partial charge in [0.15, 0.2) is 10.3 Å². The molecule has 78 heavy (non-hydrogen) atoms. The van der Waals surface area contributed by atoms with Crippen LogP contribution in [0.4, 0.5) is 49.1 Å². The summed E-state index contributed by atoms with van der Waals surface area (Å²) in [5.74, 6) is 2.29. The number of rotatable bonds is 17. The molecule has 1 unspecified atom stereocenters. The first-order valence-corrected chi connectivity index (χ1v) is 25.8. The summed E-state index contributed by atoms with van der Waals surface area (Å²) in [7, 11) is 1.66. The lowest BCUT2D eigenvalue weighted by Crippen LogP contribution is -2.40. The zero-order valence-corrected chi connectivity index (χ0v) is 43.3. The van der Waals surface area contributed by atoms with Gasteiger partial charge >= 0.3 is 12.7 Å². The number of halogens is 6. The molecule has 16 nitrogen and oxygen atoms in total. The molecule has 8 rings (SSSR count). The maximum atomic E-state index is 12.5. The fraction of sp³-hybridized carbons (Fsp3) is 0.204. The highest BCUT2D eigenvalue weighted by Gasteiger charge is 2.32. The minimum Gasteiger partial charge on any atom is -0.495 e. The summed E-state index contributed by atoms with van der Waals surface area (Å²) in [6, 6.07) is 34.7. The van der Waals surface area contributed by atoms with Gasteiger partial charge in [-0.05, 0) is 115 Å². The van der Waals surface area contributed by atoms with Crippen LogP contribution in [0.5, 0.6) is 17.2 Å². The predicted octanol–water partition coefficient (Wildman–Crippen LogP) is 11.5. The van der Waals surface area contributed by atoms with Crippen molar-refractivity contribution in [1.82, 2.24) is 4.98 Å². The lowest BCUT2D eigenvalue weighted by atomic mass is 9.99. The summed E-state index contributed by atoms with van der Waals surface area (Å²) in [6.07, 6.45) is -0.338. The lowest BCUT2D eigenvalue weighted by molar-refractivity contribution is -0.275. The summed E-state index contributed by atoms with van der Waals surface area (Å²) in [5, 5.41) is 19.7. The molecule has 24 heteroatoms. The number of methoxy groups -OCH3 is 1. The van der Waals surface area contributed by atoms with Crippen molar-refractivity contribution in [1.29, 1.82) is 0 Å². The van der Waals surface area contributed by atoms with Gasteiger partial charge in [0.2, 0.25) is 0 Å². The third kappa shape index (κ3) is 16.3. The van der Waals surface area contributed by atoms with Gasteiger partial charge in [-0.1, -0.05) is 78.1 Å². The van der Waals surface area contributed by atoms with Crippen LogP contribution in [0, 0.1) is 12.8 Å². The number of ether oxygens (including phenoxy) is 3. The van der Waals surface area contributed by atoms with E-state index in [0.29, 0.717) is 34.8 Å². The fourth-order valence-electron chi connectivity index (χ4n) is 7.80. The molecule has 0 bridgehead atoms. The van der Waals surface area contributed by atoms with Crippen molar-refractivity contribution in [3.63, 3.8) is 0 Å². The summed E-state index contributed by atoms with van der Waals surface area (Å²) >= 11 is 3.24. The van der Waals surface area contributed by atoms with E-state index in [1.165, 1.54) is 36.9 Å². The number of aliphatic imine (C=N–C) groups is 4. The third-order valence-corrected chi connectivity index (χ3v) is 13.7. The zero-order valence-electron chi connectivity index (χ0n) is 41.7. The van der Waals surface area contributed by atoms with E-state index in [0.717, 1.165) is 99.3 Å².